The van der Waals surface area contributed by atoms with Gasteiger partial charge < -0.3 is 4.74 Å². The van der Waals surface area contributed by atoms with Crippen molar-refractivity contribution in [3.63, 3.8) is 0 Å². The normalized spacial score (nSPS) is 10.7. The van der Waals surface area contributed by atoms with Crippen molar-refractivity contribution < 1.29 is 9.53 Å². The van der Waals surface area contributed by atoms with Gasteiger partial charge in [0, 0.05) is 5.56 Å². The highest BCUT2D eigenvalue weighted by atomic mass is 79.9. The fourth-order valence-corrected chi connectivity index (χ4v) is 2.90. The molecule has 4 nitrogen and oxygen atoms in total. The summed E-state index contributed by atoms with van der Waals surface area (Å²) in [7, 11) is 0. The molecule has 3 aromatic carbocycles. The number of benzene rings is 3. The zero-order valence-electron chi connectivity index (χ0n) is 14.9. The molecule has 3 aromatic rings. The molecule has 0 saturated carbocycles. The molecule has 0 bridgehead atoms. The highest BCUT2D eigenvalue weighted by molar-refractivity contribution is 9.10. The first-order valence-corrected chi connectivity index (χ1v) is 9.27. The van der Waals surface area contributed by atoms with E-state index >= 15 is 0 Å². The van der Waals surface area contributed by atoms with E-state index in [4.69, 9.17) is 4.74 Å². The quantitative estimate of drug-likeness (QED) is 0.443. The van der Waals surface area contributed by atoms with Gasteiger partial charge in [0.25, 0.3) is 5.91 Å². The Bertz CT molecular complexity index is 938. The molecule has 1 N–H and O–H groups in total. The smallest absolute Gasteiger partial charge is 0.271 e. The average Bonchev–Trinajstić information content (AvgIpc) is 2.68. The van der Waals surface area contributed by atoms with Gasteiger partial charge in [0.05, 0.1) is 10.7 Å². The average molecular weight is 423 g/mol. The van der Waals surface area contributed by atoms with Gasteiger partial charge in [-0.05, 0) is 64.3 Å². The Kier molecular flexibility index (Phi) is 6.39. The van der Waals surface area contributed by atoms with E-state index < -0.39 is 0 Å². The van der Waals surface area contributed by atoms with Gasteiger partial charge in [0.2, 0.25) is 0 Å². The van der Waals surface area contributed by atoms with Crippen molar-refractivity contribution in [1.29, 1.82) is 0 Å². The van der Waals surface area contributed by atoms with Crippen LogP contribution < -0.4 is 10.2 Å². The number of ether oxygens (including phenoxy) is 1. The number of rotatable bonds is 6. The SMILES string of the molecule is Cc1ccc(C(=O)N/N=C\c2ccc(OCc3ccccc3)c(Br)c2)cc1. The molecule has 27 heavy (non-hydrogen) atoms. The molecule has 0 unspecified atom stereocenters. The van der Waals surface area contributed by atoms with E-state index in [1.807, 2.05) is 67.6 Å². The number of aryl methyl sites for hydroxylation is 1. The molecule has 0 spiro atoms. The first-order chi connectivity index (χ1) is 13.1. The second kappa shape index (κ2) is 9.14. The molecule has 1 amide bonds. The lowest BCUT2D eigenvalue weighted by Crippen LogP contribution is -2.17. The van der Waals surface area contributed by atoms with Crippen LogP contribution in [0.4, 0.5) is 0 Å². The summed E-state index contributed by atoms with van der Waals surface area (Å²) < 4.78 is 6.65. The Labute approximate surface area is 167 Å². The number of carbonyl (C=O) groups is 1. The first kappa shape index (κ1) is 18.9. The predicted octanol–water partition coefficient (Wildman–Crippen LogP) is 5.10. The van der Waals surface area contributed by atoms with Crippen LogP contribution in [0.15, 0.2) is 82.4 Å². The lowest BCUT2D eigenvalue weighted by atomic mass is 10.1. The van der Waals surface area contributed by atoms with Crippen molar-refractivity contribution in [3.05, 3.63) is 99.5 Å². The minimum Gasteiger partial charge on any atom is -0.488 e. The van der Waals surface area contributed by atoms with E-state index in [9.17, 15) is 4.79 Å². The minimum atomic E-state index is -0.242. The molecular weight excluding hydrogens is 404 g/mol. The largest absolute Gasteiger partial charge is 0.488 e. The lowest BCUT2D eigenvalue weighted by molar-refractivity contribution is 0.0955. The number of carbonyl (C=O) groups excluding carboxylic acids is 1. The van der Waals surface area contributed by atoms with Gasteiger partial charge in [-0.15, -0.1) is 0 Å². The summed E-state index contributed by atoms with van der Waals surface area (Å²) in [6.07, 6.45) is 1.60. The van der Waals surface area contributed by atoms with E-state index in [0.29, 0.717) is 12.2 Å². The van der Waals surface area contributed by atoms with E-state index in [1.54, 1.807) is 18.3 Å². The van der Waals surface area contributed by atoms with Gasteiger partial charge in [0.15, 0.2) is 0 Å². The maximum atomic E-state index is 12.0. The zero-order valence-corrected chi connectivity index (χ0v) is 16.4. The Hall–Kier alpha value is -2.92. The molecule has 136 valence electrons. The topological polar surface area (TPSA) is 50.7 Å². The van der Waals surface area contributed by atoms with Crippen molar-refractivity contribution >= 4 is 28.1 Å². The molecule has 0 aliphatic rings. The van der Waals surface area contributed by atoms with E-state index in [2.05, 4.69) is 26.5 Å². The highest BCUT2D eigenvalue weighted by Crippen LogP contribution is 2.26. The summed E-state index contributed by atoms with van der Waals surface area (Å²) in [4.78, 5) is 12.0. The highest BCUT2D eigenvalue weighted by Gasteiger charge is 2.04. The fourth-order valence-electron chi connectivity index (χ4n) is 2.38. The van der Waals surface area contributed by atoms with Crippen LogP contribution in [0.1, 0.15) is 27.0 Å². The summed E-state index contributed by atoms with van der Waals surface area (Å²) >= 11 is 3.51. The Balaban J connectivity index is 1.57. The molecule has 5 heteroatoms. The molecule has 0 atom stereocenters. The van der Waals surface area contributed by atoms with Crippen LogP contribution in [0.2, 0.25) is 0 Å². The third-order valence-electron chi connectivity index (χ3n) is 3.89. The van der Waals surface area contributed by atoms with Gasteiger partial charge in [-0.2, -0.15) is 5.10 Å². The summed E-state index contributed by atoms with van der Waals surface area (Å²) in [5.41, 5.74) is 6.16. The summed E-state index contributed by atoms with van der Waals surface area (Å²) in [6.45, 7) is 2.48. The number of nitrogens with zero attached hydrogens (tertiary/aromatic N) is 1. The van der Waals surface area contributed by atoms with Gasteiger partial charge in [-0.25, -0.2) is 5.43 Å². The van der Waals surface area contributed by atoms with Crippen molar-refractivity contribution in [2.75, 3.05) is 0 Å². The van der Waals surface area contributed by atoms with Crippen molar-refractivity contribution in [2.45, 2.75) is 13.5 Å². The number of hydrazone groups is 1. The van der Waals surface area contributed by atoms with Crippen LogP contribution in [0.3, 0.4) is 0 Å². The number of nitrogens with one attached hydrogen (secondary N) is 1. The second-order valence-corrected chi connectivity index (χ2v) is 6.88. The second-order valence-electron chi connectivity index (χ2n) is 6.03. The maximum Gasteiger partial charge on any atom is 0.271 e. The molecule has 3 rings (SSSR count). The Morgan fingerprint density at radius 3 is 2.52 bits per heavy atom. The standard InChI is InChI=1S/C22H19BrN2O2/c1-16-7-10-19(11-8-16)22(26)25-24-14-18-9-12-21(20(23)13-18)27-15-17-5-3-2-4-6-17/h2-14H,15H2,1H3,(H,25,26)/b24-14-. The number of halogens is 1. The maximum absolute atomic E-state index is 12.0. The number of hydrogen-bond acceptors (Lipinski definition) is 3. The van der Waals surface area contributed by atoms with Crippen LogP contribution >= 0.6 is 15.9 Å². The number of hydrogen-bond donors (Lipinski definition) is 1. The third-order valence-corrected chi connectivity index (χ3v) is 4.51. The van der Waals surface area contributed by atoms with Crippen LogP contribution in [0.25, 0.3) is 0 Å². The summed E-state index contributed by atoms with van der Waals surface area (Å²) in [5, 5.41) is 4.02. The zero-order chi connectivity index (χ0) is 19.1. The monoisotopic (exact) mass is 422 g/mol. The van der Waals surface area contributed by atoms with Crippen molar-refractivity contribution in [2.24, 2.45) is 5.10 Å². The van der Waals surface area contributed by atoms with Gasteiger partial charge in [0.1, 0.15) is 12.4 Å². The molecule has 0 radical (unpaired) electrons. The number of amides is 1. The van der Waals surface area contributed by atoms with Crippen LogP contribution in [0.5, 0.6) is 5.75 Å². The van der Waals surface area contributed by atoms with E-state index in [-0.39, 0.29) is 5.91 Å². The van der Waals surface area contributed by atoms with Crippen LogP contribution in [-0.4, -0.2) is 12.1 Å². The molecule has 0 saturated heterocycles. The van der Waals surface area contributed by atoms with Crippen LogP contribution in [0, 0.1) is 6.92 Å². The minimum absolute atomic E-state index is 0.242. The molecule has 0 aliphatic heterocycles. The van der Waals surface area contributed by atoms with Crippen LogP contribution in [-0.2, 0) is 6.61 Å². The Morgan fingerprint density at radius 2 is 1.81 bits per heavy atom. The summed E-state index contributed by atoms with van der Waals surface area (Å²) in [6, 6.07) is 23.0. The van der Waals surface area contributed by atoms with E-state index in [1.165, 1.54) is 0 Å². The predicted molar refractivity (Wildman–Crippen MR) is 111 cm³/mol. The van der Waals surface area contributed by atoms with Crippen molar-refractivity contribution in [3.8, 4) is 5.75 Å². The molecular formula is C22H19BrN2O2. The summed E-state index contributed by atoms with van der Waals surface area (Å²) in [5.74, 6) is 0.507. The molecule has 0 fully saturated rings. The molecule has 0 aliphatic carbocycles. The van der Waals surface area contributed by atoms with Gasteiger partial charge >= 0.3 is 0 Å². The van der Waals surface area contributed by atoms with Gasteiger partial charge in [-0.1, -0.05) is 48.0 Å². The van der Waals surface area contributed by atoms with Crippen molar-refractivity contribution in [1.82, 2.24) is 5.43 Å². The molecule has 0 aromatic heterocycles. The lowest BCUT2D eigenvalue weighted by Gasteiger charge is -2.08. The van der Waals surface area contributed by atoms with E-state index in [0.717, 1.165) is 26.9 Å². The van der Waals surface area contributed by atoms with Gasteiger partial charge in [-0.3, -0.25) is 4.79 Å². The fraction of sp³-hybridized carbons (Fsp3) is 0.0909. The third kappa shape index (κ3) is 5.53. The first-order valence-electron chi connectivity index (χ1n) is 8.48. The molecule has 0 heterocycles. The Morgan fingerprint density at radius 1 is 1.07 bits per heavy atom.